The number of carboxylic acids is 1. The number of halogens is 3. The summed E-state index contributed by atoms with van der Waals surface area (Å²) in [7, 11) is 0. The molecule has 0 saturated heterocycles. The molecule has 3 nitrogen and oxygen atoms in total. The maximum Gasteiger partial charge on any atom is 0.355 e. The van der Waals surface area contributed by atoms with E-state index < -0.39 is 5.97 Å². The predicted molar refractivity (Wildman–Crippen MR) is 73.4 cm³/mol. The topological polar surface area (TPSA) is 50.2 Å². The van der Waals surface area contributed by atoms with E-state index in [4.69, 9.17) is 39.9 Å². The smallest absolute Gasteiger partial charge is 0.355 e. The molecule has 1 N–H and O–H groups in total. The van der Waals surface area contributed by atoms with Crippen molar-refractivity contribution >= 4 is 52.1 Å². The van der Waals surface area contributed by atoms with Gasteiger partial charge in [0.05, 0.1) is 15.1 Å². The van der Waals surface area contributed by atoms with Gasteiger partial charge in [-0.15, -0.1) is 11.3 Å². The van der Waals surface area contributed by atoms with Gasteiger partial charge in [-0.1, -0.05) is 34.8 Å². The van der Waals surface area contributed by atoms with Crippen molar-refractivity contribution in [3.05, 3.63) is 48.8 Å². The molecule has 0 atom stereocenters. The van der Waals surface area contributed by atoms with E-state index in [2.05, 4.69) is 4.98 Å². The van der Waals surface area contributed by atoms with E-state index in [1.54, 1.807) is 12.1 Å². The third-order valence-electron chi connectivity index (χ3n) is 2.24. The minimum absolute atomic E-state index is 0.0178. The minimum atomic E-state index is -1.05. The van der Waals surface area contributed by atoms with Gasteiger partial charge in [0.1, 0.15) is 0 Å². The van der Waals surface area contributed by atoms with E-state index in [1.165, 1.54) is 16.7 Å². The molecule has 0 fully saturated rings. The molecule has 0 aliphatic heterocycles. The van der Waals surface area contributed by atoms with Crippen LogP contribution in [0.1, 0.15) is 21.1 Å². The molecule has 0 aliphatic carbocycles. The van der Waals surface area contributed by atoms with Gasteiger partial charge >= 0.3 is 5.97 Å². The number of aromatic carboxylic acids is 1. The van der Waals surface area contributed by atoms with Gasteiger partial charge in [0, 0.05) is 16.8 Å². The lowest BCUT2D eigenvalue weighted by Crippen LogP contribution is -1.97. The summed E-state index contributed by atoms with van der Waals surface area (Å²) >= 11 is 19.2. The molecule has 1 heterocycles. The summed E-state index contributed by atoms with van der Waals surface area (Å²) in [4.78, 5) is 14.7. The van der Waals surface area contributed by atoms with Crippen LogP contribution in [0.15, 0.2) is 17.5 Å². The zero-order valence-electron chi connectivity index (χ0n) is 8.78. The van der Waals surface area contributed by atoms with Crippen molar-refractivity contribution in [2.24, 2.45) is 0 Å². The van der Waals surface area contributed by atoms with Gasteiger partial charge in [-0.25, -0.2) is 9.78 Å². The molecule has 0 bridgehead atoms. The maximum atomic E-state index is 10.7. The predicted octanol–water partition coefficient (Wildman–Crippen LogP) is 4.39. The largest absolute Gasteiger partial charge is 0.476 e. The molecular formula is C11H6Cl3NO2S. The van der Waals surface area contributed by atoms with Gasteiger partial charge in [-0.3, -0.25) is 0 Å². The number of benzene rings is 1. The Bertz CT molecular complexity index is 612. The van der Waals surface area contributed by atoms with Gasteiger partial charge in [0.15, 0.2) is 5.69 Å². The third-order valence-corrected chi connectivity index (χ3v) is 4.28. The van der Waals surface area contributed by atoms with E-state index in [0.717, 1.165) is 0 Å². The number of nitrogens with zero attached hydrogens (tertiary/aromatic N) is 1. The van der Waals surface area contributed by atoms with Crippen LogP contribution in [0, 0.1) is 0 Å². The molecule has 0 radical (unpaired) electrons. The van der Waals surface area contributed by atoms with Crippen LogP contribution in [0.4, 0.5) is 0 Å². The summed E-state index contributed by atoms with van der Waals surface area (Å²) in [6, 6.07) is 3.26. The zero-order valence-corrected chi connectivity index (χ0v) is 11.9. The van der Waals surface area contributed by atoms with Crippen molar-refractivity contribution in [1.29, 1.82) is 0 Å². The Balaban J connectivity index is 2.33. The highest BCUT2D eigenvalue weighted by Crippen LogP contribution is 2.33. The standard InChI is InChI=1S/C11H6Cl3NO2S/c12-6-1-2-7(13)10(14)5(6)3-9-15-8(4-18-9)11(16)17/h1-2,4H,3H2,(H,16,17). The fourth-order valence-electron chi connectivity index (χ4n) is 1.37. The van der Waals surface area contributed by atoms with Crippen LogP contribution >= 0.6 is 46.1 Å². The van der Waals surface area contributed by atoms with Crippen LogP contribution in [0.25, 0.3) is 0 Å². The van der Waals surface area contributed by atoms with Gasteiger partial charge in [-0.05, 0) is 17.7 Å². The quantitative estimate of drug-likeness (QED) is 0.852. The first-order valence-electron chi connectivity index (χ1n) is 4.79. The molecule has 0 unspecified atom stereocenters. The molecule has 1 aromatic carbocycles. The highest BCUT2D eigenvalue weighted by molar-refractivity contribution is 7.09. The van der Waals surface area contributed by atoms with Crippen LogP contribution < -0.4 is 0 Å². The number of carboxylic acid groups (broad SMARTS) is 1. The Kier molecular flexibility index (Phi) is 4.12. The molecule has 94 valence electrons. The SMILES string of the molecule is O=C(O)c1csc(Cc2c(Cl)ccc(Cl)c2Cl)n1. The number of carbonyl (C=O) groups is 1. The first-order valence-corrected chi connectivity index (χ1v) is 6.80. The fraction of sp³-hybridized carbons (Fsp3) is 0.0909. The lowest BCUT2D eigenvalue weighted by molar-refractivity contribution is 0.0691. The molecule has 0 aliphatic rings. The summed E-state index contributed by atoms with van der Waals surface area (Å²) in [5.41, 5.74) is 0.668. The highest BCUT2D eigenvalue weighted by atomic mass is 35.5. The van der Waals surface area contributed by atoms with Crippen LogP contribution in [-0.2, 0) is 6.42 Å². The van der Waals surface area contributed by atoms with Gasteiger partial charge < -0.3 is 5.11 Å². The van der Waals surface area contributed by atoms with Crippen LogP contribution in [0.3, 0.4) is 0 Å². The molecule has 2 rings (SSSR count). The highest BCUT2D eigenvalue weighted by Gasteiger charge is 2.14. The average Bonchev–Trinajstić information content (AvgIpc) is 2.78. The molecule has 0 saturated carbocycles. The zero-order chi connectivity index (χ0) is 13.3. The van der Waals surface area contributed by atoms with Crippen molar-refractivity contribution < 1.29 is 9.90 Å². The molecule has 2 aromatic rings. The third kappa shape index (κ3) is 2.78. The number of aromatic nitrogens is 1. The Morgan fingerprint density at radius 3 is 2.56 bits per heavy atom. The molecule has 18 heavy (non-hydrogen) atoms. The average molecular weight is 323 g/mol. The van der Waals surface area contributed by atoms with Crippen LogP contribution in [-0.4, -0.2) is 16.1 Å². The van der Waals surface area contributed by atoms with Gasteiger partial charge in [-0.2, -0.15) is 0 Å². The number of hydrogen-bond acceptors (Lipinski definition) is 3. The van der Waals surface area contributed by atoms with E-state index >= 15 is 0 Å². The first-order chi connectivity index (χ1) is 8.49. The number of hydrogen-bond donors (Lipinski definition) is 1. The summed E-state index contributed by atoms with van der Waals surface area (Å²) in [6.07, 6.45) is 0.357. The van der Waals surface area contributed by atoms with E-state index in [0.29, 0.717) is 32.1 Å². The van der Waals surface area contributed by atoms with Crippen molar-refractivity contribution in [3.63, 3.8) is 0 Å². The van der Waals surface area contributed by atoms with Crippen LogP contribution in [0.5, 0.6) is 0 Å². The monoisotopic (exact) mass is 321 g/mol. The Morgan fingerprint density at radius 1 is 1.28 bits per heavy atom. The van der Waals surface area contributed by atoms with Crippen molar-refractivity contribution in [3.8, 4) is 0 Å². The van der Waals surface area contributed by atoms with Gasteiger partial charge in [0.25, 0.3) is 0 Å². The lowest BCUT2D eigenvalue weighted by atomic mass is 10.1. The van der Waals surface area contributed by atoms with Crippen molar-refractivity contribution in [2.45, 2.75) is 6.42 Å². The molecule has 0 amide bonds. The second kappa shape index (κ2) is 5.45. The first kappa shape index (κ1) is 13.6. The molecular weight excluding hydrogens is 317 g/mol. The maximum absolute atomic E-state index is 10.7. The summed E-state index contributed by atoms with van der Waals surface area (Å²) < 4.78 is 0. The number of thiazole rings is 1. The fourth-order valence-corrected chi connectivity index (χ4v) is 2.83. The summed E-state index contributed by atoms with van der Waals surface area (Å²) in [5, 5.41) is 12.2. The Morgan fingerprint density at radius 2 is 1.94 bits per heavy atom. The Labute approximate surface area is 122 Å². The van der Waals surface area contributed by atoms with E-state index in [1.807, 2.05) is 0 Å². The van der Waals surface area contributed by atoms with E-state index in [-0.39, 0.29) is 5.69 Å². The minimum Gasteiger partial charge on any atom is -0.476 e. The molecule has 0 spiro atoms. The van der Waals surface area contributed by atoms with Crippen molar-refractivity contribution in [1.82, 2.24) is 4.98 Å². The molecule has 1 aromatic heterocycles. The van der Waals surface area contributed by atoms with Gasteiger partial charge in [0.2, 0.25) is 0 Å². The number of rotatable bonds is 3. The van der Waals surface area contributed by atoms with Crippen molar-refractivity contribution in [2.75, 3.05) is 0 Å². The summed E-state index contributed by atoms with van der Waals surface area (Å²) in [6.45, 7) is 0. The van der Waals surface area contributed by atoms with Crippen LogP contribution in [0.2, 0.25) is 15.1 Å². The second-order valence-corrected chi connectivity index (χ2v) is 5.57. The summed E-state index contributed by atoms with van der Waals surface area (Å²) in [5.74, 6) is -1.05. The second-order valence-electron chi connectivity index (χ2n) is 3.43. The Hall–Kier alpha value is -0.810. The lowest BCUT2D eigenvalue weighted by Gasteiger charge is -2.06. The molecule has 7 heteroatoms. The normalized spacial score (nSPS) is 10.6. The van der Waals surface area contributed by atoms with E-state index in [9.17, 15) is 4.79 Å².